The summed E-state index contributed by atoms with van der Waals surface area (Å²) in [4.78, 5) is 31.6. The van der Waals surface area contributed by atoms with Crippen LogP contribution in [0.25, 0.3) is 0 Å². The molecule has 2 aliphatic rings. The molecule has 5 heteroatoms. The third kappa shape index (κ3) is 6.80. The Labute approximate surface area is 210 Å². The Hall–Kier alpha value is -2.50. The first kappa shape index (κ1) is 25.6. The molecule has 0 aliphatic carbocycles. The Morgan fingerprint density at radius 1 is 0.971 bits per heavy atom. The lowest BCUT2D eigenvalue weighted by Gasteiger charge is -2.33. The lowest BCUT2D eigenvalue weighted by Crippen LogP contribution is -2.48. The molecule has 2 aliphatic heterocycles. The van der Waals surface area contributed by atoms with Crippen molar-refractivity contribution in [2.45, 2.75) is 57.5 Å². The zero-order chi connectivity index (χ0) is 24.6. The van der Waals surface area contributed by atoms with Gasteiger partial charge in [0.25, 0.3) is 0 Å². The quantitative estimate of drug-likeness (QED) is 0.565. The van der Waals surface area contributed by atoms with Gasteiger partial charge in [-0.3, -0.25) is 9.59 Å². The van der Waals surface area contributed by atoms with Crippen LogP contribution in [0.3, 0.4) is 0 Å². The molecule has 2 saturated heterocycles. The second-order valence-electron chi connectivity index (χ2n) is 10.4. The molecule has 0 radical (unpaired) electrons. The Kier molecular flexibility index (Phi) is 9.11. The van der Waals surface area contributed by atoms with Gasteiger partial charge in [-0.1, -0.05) is 60.7 Å². The number of amides is 1. The third-order valence-electron chi connectivity index (χ3n) is 8.06. The molecule has 0 aromatic heterocycles. The van der Waals surface area contributed by atoms with Crippen LogP contribution >= 0.6 is 0 Å². The van der Waals surface area contributed by atoms with Gasteiger partial charge in [0, 0.05) is 38.0 Å². The van der Waals surface area contributed by atoms with Crippen molar-refractivity contribution in [2.24, 2.45) is 11.8 Å². The summed E-state index contributed by atoms with van der Waals surface area (Å²) in [6.07, 6.45) is 5.43. The Bertz CT molecular complexity index is 949. The summed E-state index contributed by atoms with van der Waals surface area (Å²) >= 11 is 0. The predicted molar refractivity (Wildman–Crippen MR) is 141 cm³/mol. The highest BCUT2D eigenvalue weighted by molar-refractivity contribution is 5.90. The van der Waals surface area contributed by atoms with Gasteiger partial charge in [0.05, 0.1) is 6.04 Å². The van der Waals surface area contributed by atoms with E-state index in [-0.39, 0.29) is 29.7 Å². The van der Waals surface area contributed by atoms with Gasteiger partial charge in [-0.25, -0.2) is 0 Å². The number of rotatable bonds is 10. The third-order valence-corrected chi connectivity index (χ3v) is 8.06. The number of carbonyl (C=O) groups excluding carboxylic acids is 2. The fraction of sp³-hybridized carbons (Fsp3) is 0.533. The Balaban J connectivity index is 1.46. The van der Waals surface area contributed by atoms with Gasteiger partial charge >= 0.3 is 0 Å². The normalized spacial score (nSPS) is 22.3. The highest BCUT2D eigenvalue weighted by atomic mass is 16.2. The molecular weight excluding hydrogens is 434 g/mol. The van der Waals surface area contributed by atoms with Crippen molar-refractivity contribution in [1.82, 2.24) is 15.1 Å². The second kappa shape index (κ2) is 12.5. The highest BCUT2D eigenvalue weighted by Gasteiger charge is 2.41. The molecule has 1 amide bonds. The molecule has 0 saturated carbocycles. The lowest BCUT2D eigenvalue weighted by atomic mass is 9.90. The van der Waals surface area contributed by atoms with Gasteiger partial charge in [0.2, 0.25) is 5.91 Å². The summed E-state index contributed by atoms with van der Waals surface area (Å²) < 4.78 is 0. The van der Waals surface area contributed by atoms with Gasteiger partial charge < -0.3 is 15.1 Å². The smallest absolute Gasteiger partial charge is 0.226 e. The van der Waals surface area contributed by atoms with E-state index in [0.717, 1.165) is 44.6 Å². The molecule has 5 nitrogen and oxygen atoms in total. The number of ketones is 1. The zero-order valence-corrected chi connectivity index (χ0v) is 21.4. The number of benzene rings is 2. The minimum atomic E-state index is -0.305. The van der Waals surface area contributed by atoms with E-state index in [1.54, 1.807) is 7.05 Å². The van der Waals surface area contributed by atoms with Crippen LogP contribution in [0.5, 0.6) is 0 Å². The maximum atomic E-state index is 14.0. The molecule has 0 spiro atoms. The molecule has 2 heterocycles. The Morgan fingerprint density at radius 2 is 1.66 bits per heavy atom. The van der Waals surface area contributed by atoms with Crippen LogP contribution in [-0.4, -0.2) is 66.8 Å². The summed E-state index contributed by atoms with van der Waals surface area (Å²) in [5.74, 6) is 0.552. The molecule has 35 heavy (non-hydrogen) atoms. The van der Waals surface area contributed by atoms with Crippen molar-refractivity contribution in [3.05, 3.63) is 71.8 Å². The number of carbonyl (C=O) groups is 2. The van der Waals surface area contributed by atoms with E-state index in [9.17, 15) is 9.59 Å². The van der Waals surface area contributed by atoms with E-state index in [0.29, 0.717) is 18.8 Å². The largest absolute Gasteiger partial charge is 0.338 e. The van der Waals surface area contributed by atoms with Crippen molar-refractivity contribution in [3.63, 3.8) is 0 Å². The zero-order valence-electron chi connectivity index (χ0n) is 21.4. The van der Waals surface area contributed by atoms with E-state index in [1.807, 2.05) is 25.1 Å². The number of likely N-dealkylation sites (tertiary alicyclic amines) is 2. The number of fused-ring (bicyclic) bond motifs is 1. The monoisotopic (exact) mass is 475 g/mol. The van der Waals surface area contributed by atoms with Crippen LogP contribution in [0.15, 0.2) is 60.7 Å². The first-order valence-electron chi connectivity index (χ1n) is 13.4. The molecule has 2 aromatic rings. The van der Waals surface area contributed by atoms with Crippen molar-refractivity contribution in [3.8, 4) is 0 Å². The second-order valence-corrected chi connectivity index (χ2v) is 10.4. The summed E-state index contributed by atoms with van der Waals surface area (Å²) in [5.41, 5.74) is 2.49. The Morgan fingerprint density at radius 3 is 2.34 bits per heavy atom. The average molecular weight is 476 g/mol. The van der Waals surface area contributed by atoms with Crippen LogP contribution in [0, 0.1) is 11.8 Å². The van der Waals surface area contributed by atoms with E-state index in [1.165, 1.54) is 18.4 Å². The summed E-state index contributed by atoms with van der Waals surface area (Å²) in [6, 6.07) is 20.8. The predicted octanol–water partition coefficient (Wildman–Crippen LogP) is 3.97. The van der Waals surface area contributed by atoms with Gasteiger partial charge in [0.15, 0.2) is 0 Å². The summed E-state index contributed by atoms with van der Waals surface area (Å²) in [5, 5.41) is 3.05. The van der Waals surface area contributed by atoms with Crippen LogP contribution < -0.4 is 5.32 Å². The van der Waals surface area contributed by atoms with Crippen LogP contribution in [0.4, 0.5) is 0 Å². The topological polar surface area (TPSA) is 52.7 Å². The minimum Gasteiger partial charge on any atom is -0.338 e. The average Bonchev–Trinajstić information content (AvgIpc) is 3.17. The van der Waals surface area contributed by atoms with Crippen LogP contribution in [0.2, 0.25) is 0 Å². The lowest BCUT2D eigenvalue weighted by molar-refractivity contribution is -0.139. The molecule has 2 aromatic carbocycles. The molecular formula is C30H41N3O2. The van der Waals surface area contributed by atoms with Gasteiger partial charge in [-0.15, -0.1) is 0 Å². The summed E-state index contributed by atoms with van der Waals surface area (Å²) in [6.45, 7) is 5.78. The van der Waals surface area contributed by atoms with Gasteiger partial charge in [-0.2, -0.15) is 0 Å². The minimum absolute atomic E-state index is 0.114. The number of nitrogens with zero attached hydrogens (tertiary/aromatic N) is 2. The number of Topliss-reactive ketones (excluding diaryl/α,β-unsaturated/α-hetero) is 1. The fourth-order valence-electron chi connectivity index (χ4n) is 5.80. The molecule has 2 fully saturated rings. The molecule has 0 bridgehead atoms. The summed E-state index contributed by atoms with van der Waals surface area (Å²) in [7, 11) is 1.80. The first-order chi connectivity index (χ1) is 17.0. The molecule has 1 N–H and O–H groups in total. The maximum absolute atomic E-state index is 14.0. The highest BCUT2D eigenvalue weighted by Crippen LogP contribution is 2.33. The van der Waals surface area contributed by atoms with E-state index in [2.05, 4.69) is 57.6 Å². The van der Waals surface area contributed by atoms with Crippen molar-refractivity contribution in [2.75, 3.05) is 33.2 Å². The molecule has 0 unspecified atom stereocenters. The van der Waals surface area contributed by atoms with Crippen molar-refractivity contribution in [1.29, 1.82) is 0 Å². The van der Waals surface area contributed by atoms with Gasteiger partial charge in [0.1, 0.15) is 5.78 Å². The number of hydrogen-bond donors (Lipinski definition) is 1. The van der Waals surface area contributed by atoms with E-state index < -0.39 is 0 Å². The van der Waals surface area contributed by atoms with Gasteiger partial charge in [-0.05, 0) is 69.7 Å². The molecule has 4 rings (SSSR count). The van der Waals surface area contributed by atoms with E-state index >= 15 is 0 Å². The standard InChI is InChI=1S/C30H41N3O2/c1-23(31-2)29(34)21-27(20-25-12-7-4-8-13-25)30(35)33-19-16-26-14-9-17-32(22-28(26)33)18-15-24-10-5-3-6-11-24/h3-8,10-13,23,26-28,31H,9,14-22H2,1-2H3/t23-,26+,27+,28+/m0/s1. The van der Waals surface area contributed by atoms with Crippen LogP contribution in [0.1, 0.15) is 43.7 Å². The van der Waals surface area contributed by atoms with E-state index in [4.69, 9.17) is 0 Å². The number of nitrogens with one attached hydrogen (secondary N) is 1. The molecule has 4 atom stereocenters. The van der Waals surface area contributed by atoms with Crippen molar-refractivity contribution < 1.29 is 9.59 Å². The SMILES string of the molecule is CN[C@@H](C)C(=O)C[C@@H](Cc1ccccc1)C(=O)N1CC[C@H]2CCCN(CCc3ccccc3)C[C@H]21. The van der Waals surface area contributed by atoms with Crippen molar-refractivity contribution >= 4 is 11.7 Å². The molecule has 188 valence electrons. The number of hydrogen-bond acceptors (Lipinski definition) is 4. The number of likely N-dealkylation sites (N-methyl/N-ethyl adjacent to an activating group) is 1. The first-order valence-corrected chi connectivity index (χ1v) is 13.4. The fourth-order valence-corrected chi connectivity index (χ4v) is 5.80. The van der Waals surface area contributed by atoms with Crippen LogP contribution in [-0.2, 0) is 22.4 Å². The maximum Gasteiger partial charge on any atom is 0.226 e.